The van der Waals surface area contributed by atoms with Gasteiger partial charge in [-0.1, -0.05) is 61.7 Å². The van der Waals surface area contributed by atoms with Crippen LogP contribution in [0.1, 0.15) is 5.56 Å². The van der Waals surface area contributed by atoms with Gasteiger partial charge in [0.25, 0.3) is 0 Å². The molecule has 1 nitrogen and oxygen atoms in total. The van der Waals surface area contributed by atoms with Gasteiger partial charge >= 0.3 is 0 Å². The van der Waals surface area contributed by atoms with Gasteiger partial charge in [-0.2, -0.15) is 0 Å². The molecular formula is C18H20O. The Bertz CT molecular complexity index is 521. The third-order valence-corrected chi connectivity index (χ3v) is 2.69. The topological polar surface area (TPSA) is 9.23 Å². The van der Waals surface area contributed by atoms with Crippen LogP contribution in [0.4, 0.5) is 0 Å². The fraction of sp³-hybridized carbons (Fsp3) is 0.111. The van der Waals surface area contributed by atoms with Crippen molar-refractivity contribution in [3.8, 4) is 16.9 Å². The highest BCUT2D eigenvalue weighted by Gasteiger charge is 2.01. The second-order valence-corrected chi connectivity index (χ2v) is 4.02. The summed E-state index contributed by atoms with van der Waals surface area (Å²) in [6.45, 7) is 8.82. The summed E-state index contributed by atoms with van der Waals surface area (Å²) in [5, 5.41) is 0. The molecule has 0 saturated heterocycles. The Balaban J connectivity index is 0.000000399. The van der Waals surface area contributed by atoms with Crippen LogP contribution in [0.2, 0.25) is 0 Å². The first-order chi connectivity index (χ1) is 9.22. The first kappa shape index (κ1) is 14.8. The van der Waals surface area contributed by atoms with E-state index in [1.807, 2.05) is 12.1 Å². The van der Waals surface area contributed by atoms with Crippen LogP contribution in [-0.4, -0.2) is 7.11 Å². The predicted molar refractivity (Wildman–Crippen MR) is 83.6 cm³/mol. The summed E-state index contributed by atoms with van der Waals surface area (Å²) in [4.78, 5) is 0. The van der Waals surface area contributed by atoms with E-state index in [-0.39, 0.29) is 0 Å². The molecule has 0 bridgehead atoms. The maximum absolute atomic E-state index is 5.19. The van der Waals surface area contributed by atoms with Gasteiger partial charge in [0.1, 0.15) is 5.75 Å². The lowest BCUT2D eigenvalue weighted by Gasteiger charge is -2.07. The van der Waals surface area contributed by atoms with Crippen molar-refractivity contribution >= 4 is 0 Å². The van der Waals surface area contributed by atoms with Crippen molar-refractivity contribution < 1.29 is 4.74 Å². The smallest absolute Gasteiger partial charge is 0.119 e. The molecule has 0 fully saturated rings. The molecule has 0 atom stereocenters. The fourth-order valence-corrected chi connectivity index (χ4v) is 1.70. The van der Waals surface area contributed by atoms with Crippen molar-refractivity contribution in [2.45, 2.75) is 6.92 Å². The molecule has 0 N–H and O–H groups in total. The third kappa shape index (κ3) is 4.47. The zero-order chi connectivity index (χ0) is 14.1. The SMILES string of the molecule is C=CC=C.COc1ccc(-c2ccccc2)c(C)c1. The molecule has 2 aromatic carbocycles. The molecule has 0 unspecified atom stereocenters. The molecule has 98 valence electrons. The molecule has 0 amide bonds. The molecule has 2 aromatic rings. The van der Waals surface area contributed by atoms with E-state index in [1.54, 1.807) is 19.3 Å². The minimum atomic E-state index is 0.909. The summed E-state index contributed by atoms with van der Waals surface area (Å²) < 4.78 is 5.19. The zero-order valence-corrected chi connectivity index (χ0v) is 11.6. The number of hydrogen-bond donors (Lipinski definition) is 0. The number of hydrogen-bond acceptors (Lipinski definition) is 1. The molecule has 1 heteroatoms. The van der Waals surface area contributed by atoms with Crippen LogP contribution in [0, 0.1) is 6.92 Å². The van der Waals surface area contributed by atoms with Gasteiger partial charge in [-0.25, -0.2) is 0 Å². The van der Waals surface area contributed by atoms with Gasteiger partial charge in [0.2, 0.25) is 0 Å². The Morgan fingerprint density at radius 2 is 1.58 bits per heavy atom. The van der Waals surface area contributed by atoms with Gasteiger partial charge < -0.3 is 4.74 Å². The third-order valence-electron chi connectivity index (χ3n) is 2.69. The Morgan fingerprint density at radius 3 is 2.05 bits per heavy atom. The van der Waals surface area contributed by atoms with Gasteiger partial charge in [-0.05, 0) is 35.7 Å². The van der Waals surface area contributed by atoms with Crippen molar-refractivity contribution in [1.29, 1.82) is 0 Å². The Labute approximate surface area is 115 Å². The van der Waals surface area contributed by atoms with Crippen LogP contribution in [0.3, 0.4) is 0 Å². The summed E-state index contributed by atoms with van der Waals surface area (Å²) in [6, 6.07) is 16.5. The minimum Gasteiger partial charge on any atom is -0.497 e. The lowest BCUT2D eigenvalue weighted by atomic mass is 10.0. The van der Waals surface area contributed by atoms with Crippen molar-refractivity contribution in [2.24, 2.45) is 0 Å². The average molecular weight is 252 g/mol. The summed E-state index contributed by atoms with van der Waals surface area (Å²) in [7, 11) is 1.69. The van der Waals surface area contributed by atoms with Crippen LogP contribution in [0.15, 0.2) is 73.8 Å². The monoisotopic (exact) mass is 252 g/mol. The molecule has 0 aromatic heterocycles. The molecule has 0 spiro atoms. The molecule has 0 heterocycles. The van der Waals surface area contributed by atoms with Crippen molar-refractivity contribution in [1.82, 2.24) is 0 Å². The van der Waals surface area contributed by atoms with E-state index in [1.165, 1.54) is 16.7 Å². The highest BCUT2D eigenvalue weighted by Crippen LogP contribution is 2.26. The largest absolute Gasteiger partial charge is 0.497 e. The highest BCUT2D eigenvalue weighted by atomic mass is 16.5. The summed E-state index contributed by atoms with van der Waals surface area (Å²) >= 11 is 0. The number of aryl methyl sites for hydroxylation is 1. The summed E-state index contributed by atoms with van der Waals surface area (Å²) in [5.41, 5.74) is 3.75. The maximum atomic E-state index is 5.19. The molecule has 2 rings (SSSR count). The summed E-state index contributed by atoms with van der Waals surface area (Å²) in [6.07, 6.45) is 3.28. The van der Waals surface area contributed by atoms with E-state index >= 15 is 0 Å². The standard InChI is InChI=1S/C14H14O.C4H6/c1-11-10-13(15-2)8-9-14(11)12-6-4-3-5-7-12;1-3-4-2/h3-10H,1-2H3;3-4H,1-2H2. The predicted octanol–water partition coefficient (Wildman–Crippen LogP) is 5.03. The van der Waals surface area contributed by atoms with Gasteiger partial charge in [0.15, 0.2) is 0 Å². The normalized spacial score (nSPS) is 8.95. The number of benzene rings is 2. The van der Waals surface area contributed by atoms with Gasteiger partial charge in [0.05, 0.1) is 7.11 Å². The lowest BCUT2D eigenvalue weighted by Crippen LogP contribution is -1.86. The van der Waals surface area contributed by atoms with E-state index in [0.717, 1.165) is 5.75 Å². The number of allylic oxidation sites excluding steroid dienone is 2. The Kier molecular flexibility index (Phi) is 6.17. The van der Waals surface area contributed by atoms with Crippen molar-refractivity contribution in [2.75, 3.05) is 7.11 Å². The zero-order valence-electron chi connectivity index (χ0n) is 11.6. The second kappa shape index (κ2) is 7.93. The molecule has 19 heavy (non-hydrogen) atoms. The van der Waals surface area contributed by atoms with E-state index in [2.05, 4.69) is 56.5 Å². The maximum Gasteiger partial charge on any atom is 0.119 e. The van der Waals surface area contributed by atoms with Gasteiger partial charge in [0, 0.05) is 0 Å². The van der Waals surface area contributed by atoms with E-state index in [9.17, 15) is 0 Å². The molecule has 0 radical (unpaired) electrons. The van der Waals surface area contributed by atoms with Crippen LogP contribution in [0.5, 0.6) is 5.75 Å². The summed E-state index contributed by atoms with van der Waals surface area (Å²) in [5.74, 6) is 0.909. The van der Waals surface area contributed by atoms with Crippen molar-refractivity contribution in [3.05, 3.63) is 79.4 Å². The van der Waals surface area contributed by atoms with Crippen LogP contribution >= 0.6 is 0 Å². The van der Waals surface area contributed by atoms with Crippen LogP contribution in [-0.2, 0) is 0 Å². The van der Waals surface area contributed by atoms with Gasteiger partial charge in [-0.15, -0.1) is 0 Å². The fourth-order valence-electron chi connectivity index (χ4n) is 1.70. The molecular weight excluding hydrogens is 232 g/mol. The first-order valence-corrected chi connectivity index (χ1v) is 6.16. The molecule has 0 aliphatic rings. The Hall–Kier alpha value is -2.28. The molecule has 0 aliphatic heterocycles. The average Bonchev–Trinajstić information content (AvgIpc) is 2.48. The number of methoxy groups -OCH3 is 1. The minimum absolute atomic E-state index is 0.909. The number of rotatable bonds is 3. The molecule has 0 aliphatic carbocycles. The van der Waals surface area contributed by atoms with E-state index < -0.39 is 0 Å². The highest BCUT2D eigenvalue weighted by molar-refractivity contribution is 5.67. The molecule has 0 saturated carbocycles. The first-order valence-electron chi connectivity index (χ1n) is 6.16. The lowest BCUT2D eigenvalue weighted by molar-refractivity contribution is 0.414. The van der Waals surface area contributed by atoms with Crippen LogP contribution < -0.4 is 4.74 Å². The van der Waals surface area contributed by atoms with Gasteiger partial charge in [-0.3, -0.25) is 0 Å². The quantitative estimate of drug-likeness (QED) is 0.696. The Morgan fingerprint density at radius 1 is 0.947 bits per heavy atom. The van der Waals surface area contributed by atoms with E-state index in [4.69, 9.17) is 4.74 Å². The second-order valence-electron chi connectivity index (χ2n) is 4.02. The van der Waals surface area contributed by atoms with Crippen LogP contribution in [0.25, 0.3) is 11.1 Å². The number of ether oxygens (including phenoxy) is 1. The van der Waals surface area contributed by atoms with E-state index in [0.29, 0.717) is 0 Å². The van der Waals surface area contributed by atoms with Crippen molar-refractivity contribution in [3.63, 3.8) is 0 Å².